The Bertz CT molecular complexity index is 390. The summed E-state index contributed by atoms with van der Waals surface area (Å²) in [5.74, 6) is 5.79. The molecule has 0 fully saturated rings. The second kappa shape index (κ2) is 5.46. The van der Waals surface area contributed by atoms with Crippen molar-refractivity contribution in [1.29, 1.82) is 0 Å². The molecule has 0 aliphatic rings. The zero-order valence-electron chi connectivity index (χ0n) is 7.80. The Kier molecular flexibility index (Phi) is 4.21. The smallest absolute Gasteiger partial charge is 0.221 e. The van der Waals surface area contributed by atoms with Crippen LogP contribution in [0.5, 0.6) is 0 Å². The molecular formula is C11H10BrNO. The van der Waals surface area contributed by atoms with Crippen LogP contribution in [0.4, 0.5) is 5.69 Å². The van der Waals surface area contributed by atoms with Crippen molar-refractivity contribution in [3.63, 3.8) is 0 Å². The van der Waals surface area contributed by atoms with Crippen molar-refractivity contribution in [3.8, 4) is 11.8 Å². The molecule has 0 saturated heterocycles. The summed E-state index contributed by atoms with van der Waals surface area (Å²) in [5, 5.41) is 3.35. The summed E-state index contributed by atoms with van der Waals surface area (Å²) in [7, 11) is 0. The van der Waals surface area contributed by atoms with E-state index < -0.39 is 0 Å². The minimum absolute atomic E-state index is 0.0735. The van der Waals surface area contributed by atoms with Gasteiger partial charge in [0.25, 0.3) is 0 Å². The van der Waals surface area contributed by atoms with Crippen molar-refractivity contribution in [2.24, 2.45) is 0 Å². The van der Waals surface area contributed by atoms with E-state index in [0.29, 0.717) is 5.33 Å². The van der Waals surface area contributed by atoms with Gasteiger partial charge >= 0.3 is 0 Å². The summed E-state index contributed by atoms with van der Waals surface area (Å²) in [6.45, 7) is 1.48. The van der Waals surface area contributed by atoms with Crippen LogP contribution in [0, 0.1) is 11.8 Å². The molecule has 0 aromatic heterocycles. The molecule has 0 radical (unpaired) electrons. The van der Waals surface area contributed by atoms with E-state index in [4.69, 9.17) is 0 Å². The molecule has 0 spiro atoms. The van der Waals surface area contributed by atoms with E-state index in [-0.39, 0.29) is 5.91 Å². The highest BCUT2D eigenvalue weighted by Crippen LogP contribution is 2.09. The number of amides is 1. The summed E-state index contributed by atoms with van der Waals surface area (Å²) < 4.78 is 0. The third-order valence-electron chi connectivity index (χ3n) is 1.48. The third kappa shape index (κ3) is 3.63. The lowest BCUT2D eigenvalue weighted by atomic mass is 10.2. The van der Waals surface area contributed by atoms with Crippen molar-refractivity contribution in [1.82, 2.24) is 0 Å². The fraction of sp³-hybridized carbons (Fsp3) is 0.182. The average molecular weight is 252 g/mol. The van der Waals surface area contributed by atoms with E-state index >= 15 is 0 Å². The lowest BCUT2D eigenvalue weighted by Crippen LogP contribution is -2.05. The SMILES string of the molecule is CC(=O)Nc1cccc(C#CCBr)c1. The molecule has 1 aromatic rings. The molecular weight excluding hydrogens is 242 g/mol. The molecule has 0 unspecified atom stereocenters. The Morgan fingerprint density at radius 3 is 3.00 bits per heavy atom. The second-order valence-corrected chi connectivity index (χ2v) is 3.26. The van der Waals surface area contributed by atoms with E-state index in [2.05, 4.69) is 33.1 Å². The topological polar surface area (TPSA) is 29.1 Å². The van der Waals surface area contributed by atoms with E-state index in [9.17, 15) is 4.79 Å². The Morgan fingerprint density at radius 2 is 2.36 bits per heavy atom. The van der Waals surface area contributed by atoms with Crippen molar-refractivity contribution < 1.29 is 4.79 Å². The minimum Gasteiger partial charge on any atom is -0.326 e. The van der Waals surface area contributed by atoms with Crippen molar-refractivity contribution in [2.75, 3.05) is 10.6 Å². The van der Waals surface area contributed by atoms with Crippen LogP contribution in [-0.4, -0.2) is 11.2 Å². The number of anilines is 1. The van der Waals surface area contributed by atoms with Gasteiger partial charge < -0.3 is 5.32 Å². The van der Waals surface area contributed by atoms with Crippen LogP contribution >= 0.6 is 15.9 Å². The van der Waals surface area contributed by atoms with Crippen LogP contribution in [0.1, 0.15) is 12.5 Å². The largest absolute Gasteiger partial charge is 0.326 e. The Balaban J connectivity index is 2.84. The zero-order valence-corrected chi connectivity index (χ0v) is 9.39. The van der Waals surface area contributed by atoms with Crippen LogP contribution in [0.25, 0.3) is 0 Å². The highest BCUT2D eigenvalue weighted by molar-refractivity contribution is 9.09. The van der Waals surface area contributed by atoms with Gasteiger partial charge in [0.15, 0.2) is 0 Å². The first-order valence-corrected chi connectivity index (χ1v) is 5.27. The highest BCUT2D eigenvalue weighted by Gasteiger charge is 1.94. The van der Waals surface area contributed by atoms with E-state index in [1.165, 1.54) is 6.92 Å². The fourth-order valence-corrected chi connectivity index (χ4v) is 1.15. The Labute approximate surface area is 91.8 Å². The summed E-state index contributed by atoms with van der Waals surface area (Å²) in [5.41, 5.74) is 1.68. The Morgan fingerprint density at radius 1 is 1.57 bits per heavy atom. The van der Waals surface area contributed by atoms with Crippen molar-refractivity contribution in [3.05, 3.63) is 29.8 Å². The molecule has 72 valence electrons. The third-order valence-corrected chi connectivity index (χ3v) is 1.76. The molecule has 3 heteroatoms. The van der Waals surface area contributed by atoms with Crippen molar-refractivity contribution in [2.45, 2.75) is 6.92 Å². The summed E-state index contributed by atoms with van der Waals surface area (Å²) in [6, 6.07) is 7.45. The monoisotopic (exact) mass is 251 g/mol. The van der Waals surface area contributed by atoms with Gasteiger partial charge in [0.1, 0.15) is 0 Å². The molecule has 0 atom stereocenters. The second-order valence-electron chi connectivity index (χ2n) is 2.70. The molecule has 1 aromatic carbocycles. The standard InChI is InChI=1S/C11H10BrNO/c1-9(14)13-11-6-2-4-10(8-11)5-3-7-12/h2,4,6,8H,7H2,1H3,(H,13,14). The first-order chi connectivity index (χ1) is 6.72. The number of carbonyl (C=O) groups is 1. The number of alkyl halides is 1. The lowest BCUT2D eigenvalue weighted by Gasteiger charge is -2.01. The summed E-state index contributed by atoms with van der Waals surface area (Å²) >= 11 is 3.22. The summed E-state index contributed by atoms with van der Waals surface area (Å²) in [6.07, 6.45) is 0. The maximum atomic E-state index is 10.8. The molecule has 0 aliphatic carbocycles. The molecule has 1 amide bonds. The van der Waals surface area contributed by atoms with Crippen LogP contribution in [0.15, 0.2) is 24.3 Å². The van der Waals surface area contributed by atoms with Gasteiger partial charge in [-0.15, -0.1) is 0 Å². The molecule has 0 saturated carbocycles. The molecule has 2 nitrogen and oxygen atoms in total. The van der Waals surface area contributed by atoms with Crippen LogP contribution in [0.2, 0.25) is 0 Å². The maximum absolute atomic E-state index is 10.8. The fourth-order valence-electron chi connectivity index (χ4n) is 1.01. The number of rotatable bonds is 1. The zero-order chi connectivity index (χ0) is 10.4. The molecule has 0 bridgehead atoms. The van der Waals surface area contributed by atoms with Gasteiger partial charge in [0.2, 0.25) is 5.91 Å². The van der Waals surface area contributed by atoms with Crippen LogP contribution < -0.4 is 5.32 Å². The van der Waals surface area contributed by atoms with Gasteiger partial charge in [-0.25, -0.2) is 0 Å². The minimum atomic E-state index is -0.0735. The van der Waals surface area contributed by atoms with E-state index in [1.54, 1.807) is 0 Å². The molecule has 14 heavy (non-hydrogen) atoms. The molecule has 0 aliphatic heterocycles. The first kappa shape index (κ1) is 10.8. The number of nitrogens with one attached hydrogen (secondary N) is 1. The predicted octanol–water partition coefficient (Wildman–Crippen LogP) is 2.39. The molecule has 1 N–H and O–H groups in total. The predicted molar refractivity (Wildman–Crippen MR) is 61.4 cm³/mol. The number of hydrogen-bond donors (Lipinski definition) is 1. The molecule has 1 rings (SSSR count). The number of halogens is 1. The van der Waals surface area contributed by atoms with Crippen LogP contribution in [0.3, 0.4) is 0 Å². The normalized spacial score (nSPS) is 8.71. The Hall–Kier alpha value is -1.27. The number of benzene rings is 1. The average Bonchev–Trinajstić information content (AvgIpc) is 2.14. The van der Waals surface area contributed by atoms with Gasteiger partial charge in [-0.3, -0.25) is 4.79 Å². The van der Waals surface area contributed by atoms with Gasteiger partial charge in [-0.1, -0.05) is 33.8 Å². The van der Waals surface area contributed by atoms with E-state index in [1.807, 2.05) is 24.3 Å². The lowest BCUT2D eigenvalue weighted by molar-refractivity contribution is -0.114. The van der Waals surface area contributed by atoms with Crippen molar-refractivity contribution >= 4 is 27.5 Å². The van der Waals surface area contributed by atoms with Gasteiger partial charge in [0, 0.05) is 18.2 Å². The first-order valence-electron chi connectivity index (χ1n) is 4.15. The van der Waals surface area contributed by atoms with Gasteiger partial charge in [0.05, 0.1) is 5.33 Å². The highest BCUT2D eigenvalue weighted by atomic mass is 79.9. The number of hydrogen-bond acceptors (Lipinski definition) is 1. The quantitative estimate of drug-likeness (QED) is 0.603. The van der Waals surface area contributed by atoms with E-state index in [0.717, 1.165) is 11.3 Å². The maximum Gasteiger partial charge on any atom is 0.221 e. The molecule has 0 heterocycles. The number of carbonyl (C=O) groups excluding carboxylic acids is 1. The van der Waals surface area contributed by atoms with Crippen LogP contribution in [-0.2, 0) is 4.79 Å². The summed E-state index contributed by atoms with van der Waals surface area (Å²) in [4.78, 5) is 10.8. The van der Waals surface area contributed by atoms with Gasteiger partial charge in [-0.2, -0.15) is 0 Å². The van der Waals surface area contributed by atoms with Gasteiger partial charge in [-0.05, 0) is 18.2 Å².